The molecule has 0 saturated carbocycles. The number of hydrogen-bond acceptors (Lipinski definition) is 4. The molecule has 2 rings (SSSR count). The van der Waals surface area contributed by atoms with Crippen LogP contribution in [0.15, 0.2) is 0 Å². The topological polar surface area (TPSA) is 61.9 Å². The Bertz CT molecular complexity index is 416. The molecule has 0 aromatic rings. The van der Waals surface area contributed by atoms with Gasteiger partial charge in [-0.2, -0.15) is 0 Å². The molecule has 2 aliphatic rings. The van der Waals surface area contributed by atoms with Crippen molar-refractivity contribution in [3.8, 4) is 0 Å². The summed E-state index contributed by atoms with van der Waals surface area (Å²) in [5, 5.41) is 3.00. The molecule has 3 atom stereocenters. The Morgan fingerprint density at radius 3 is 2.61 bits per heavy atom. The van der Waals surface area contributed by atoms with E-state index in [0.717, 1.165) is 45.2 Å². The predicted octanol–water partition coefficient (Wildman–Crippen LogP) is 1.00. The van der Waals surface area contributed by atoms with Gasteiger partial charge in [-0.3, -0.25) is 14.5 Å². The Labute approximate surface area is 139 Å². The summed E-state index contributed by atoms with van der Waals surface area (Å²) in [5.74, 6) is 0.247. The van der Waals surface area contributed by atoms with Gasteiger partial charge in [0.2, 0.25) is 11.8 Å². The summed E-state index contributed by atoms with van der Waals surface area (Å²) < 4.78 is 5.00. The molecule has 0 spiro atoms. The third-order valence-corrected chi connectivity index (χ3v) is 5.19. The minimum atomic E-state index is -0.139. The Morgan fingerprint density at radius 2 is 1.91 bits per heavy atom. The van der Waals surface area contributed by atoms with Crippen molar-refractivity contribution in [2.75, 3.05) is 33.4 Å². The van der Waals surface area contributed by atoms with Gasteiger partial charge in [-0.05, 0) is 45.6 Å². The molecule has 2 aliphatic heterocycles. The van der Waals surface area contributed by atoms with Crippen LogP contribution < -0.4 is 5.32 Å². The summed E-state index contributed by atoms with van der Waals surface area (Å²) in [4.78, 5) is 28.5. The van der Waals surface area contributed by atoms with Gasteiger partial charge in [-0.25, -0.2) is 0 Å². The zero-order chi connectivity index (χ0) is 16.8. The number of amides is 2. The summed E-state index contributed by atoms with van der Waals surface area (Å²) in [6, 6.07) is 0.458. The molecule has 0 radical (unpaired) electrons. The van der Waals surface area contributed by atoms with Crippen LogP contribution in [-0.4, -0.2) is 73.1 Å². The molecular weight excluding hydrogens is 294 g/mol. The fourth-order valence-electron chi connectivity index (χ4n) is 4.02. The van der Waals surface area contributed by atoms with Crippen LogP contribution >= 0.6 is 0 Å². The molecule has 0 aromatic heterocycles. The molecule has 0 aliphatic carbocycles. The molecule has 2 amide bonds. The van der Waals surface area contributed by atoms with E-state index in [1.165, 1.54) is 0 Å². The van der Waals surface area contributed by atoms with Crippen LogP contribution in [0.3, 0.4) is 0 Å². The van der Waals surface area contributed by atoms with Gasteiger partial charge >= 0.3 is 0 Å². The van der Waals surface area contributed by atoms with Crippen LogP contribution in [0.4, 0.5) is 0 Å². The molecule has 2 saturated heterocycles. The van der Waals surface area contributed by atoms with E-state index in [4.69, 9.17) is 4.74 Å². The molecule has 2 heterocycles. The standard InChI is InChI=1S/C17H31N3O3/c1-13(17(22)18-9-6-12-23-3)19-10-4-7-15(19)16-8-5-11-20(16)14(2)21/h13,15-16H,4-12H2,1-3H3,(H,18,22)/t13-,15-,16+/m0/s1. The van der Waals surface area contributed by atoms with E-state index >= 15 is 0 Å². The van der Waals surface area contributed by atoms with Crippen molar-refractivity contribution in [1.29, 1.82) is 0 Å². The first-order chi connectivity index (χ1) is 11.1. The van der Waals surface area contributed by atoms with Crippen molar-refractivity contribution >= 4 is 11.8 Å². The van der Waals surface area contributed by atoms with E-state index in [9.17, 15) is 9.59 Å². The number of hydrogen-bond donors (Lipinski definition) is 1. The van der Waals surface area contributed by atoms with E-state index in [-0.39, 0.29) is 23.9 Å². The summed E-state index contributed by atoms with van der Waals surface area (Å²) in [6.07, 6.45) is 5.15. The smallest absolute Gasteiger partial charge is 0.237 e. The molecule has 1 N–H and O–H groups in total. The molecule has 23 heavy (non-hydrogen) atoms. The lowest BCUT2D eigenvalue weighted by Gasteiger charge is -2.37. The highest BCUT2D eigenvalue weighted by atomic mass is 16.5. The molecule has 2 fully saturated rings. The second-order valence-corrected chi connectivity index (χ2v) is 6.68. The van der Waals surface area contributed by atoms with Crippen molar-refractivity contribution in [3.05, 3.63) is 0 Å². The maximum absolute atomic E-state index is 12.4. The largest absolute Gasteiger partial charge is 0.385 e. The summed E-state index contributed by atoms with van der Waals surface area (Å²) in [7, 11) is 1.67. The lowest BCUT2D eigenvalue weighted by molar-refractivity contribution is -0.131. The van der Waals surface area contributed by atoms with Gasteiger partial charge in [0.15, 0.2) is 0 Å². The van der Waals surface area contributed by atoms with E-state index in [0.29, 0.717) is 19.2 Å². The number of rotatable bonds is 7. The fourth-order valence-corrected chi connectivity index (χ4v) is 4.02. The second-order valence-electron chi connectivity index (χ2n) is 6.68. The van der Waals surface area contributed by atoms with Gasteiger partial charge in [0.1, 0.15) is 0 Å². The quantitative estimate of drug-likeness (QED) is 0.710. The molecule has 0 aromatic carbocycles. The van der Waals surface area contributed by atoms with Crippen molar-refractivity contribution in [2.45, 2.75) is 64.1 Å². The molecule has 0 bridgehead atoms. The molecule has 0 unspecified atom stereocenters. The molecule has 6 heteroatoms. The highest BCUT2D eigenvalue weighted by Gasteiger charge is 2.41. The minimum Gasteiger partial charge on any atom is -0.385 e. The number of nitrogens with zero attached hydrogens (tertiary/aromatic N) is 2. The Hall–Kier alpha value is -1.14. The van der Waals surface area contributed by atoms with Gasteiger partial charge in [0.25, 0.3) is 0 Å². The molecule has 6 nitrogen and oxygen atoms in total. The van der Waals surface area contributed by atoms with Gasteiger partial charge in [0.05, 0.1) is 6.04 Å². The number of likely N-dealkylation sites (tertiary alicyclic amines) is 2. The van der Waals surface area contributed by atoms with Gasteiger partial charge < -0.3 is 15.0 Å². The third kappa shape index (κ3) is 4.44. The van der Waals surface area contributed by atoms with Crippen LogP contribution in [0.25, 0.3) is 0 Å². The van der Waals surface area contributed by atoms with E-state index in [1.807, 2.05) is 11.8 Å². The minimum absolute atomic E-state index is 0.0837. The Balaban J connectivity index is 1.92. The number of ether oxygens (including phenoxy) is 1. The molecular formula is C17H31N3O3. The first-order valence-electron chi connectivity index (χ1n) is 8.86. The van der Waals surface area contributed by atoms with Crippen LogP contribution in [0.2, 0.25) is 0 Å². The summed E-state index contributed by atoms with van der Waals surface area (Å²) in [6.45, 7) is 6.76. The Kier molecular flexibility index (Phi) is 6.84. The average Bonchev–Trinajstić information content (AvgIpc) is 3.18. The van der Waals surface area contributed by atoms with Gasteiger partial charge in [-0.15, -0.1) is 0 Å². The van der Waals surface area contributed by atoms with Crippen LogP contribution in [0.5, 0.6) is 0 Å². The maximum Gasteiger partial charge on any atom is 0.237 e. The summed E-state index contributed by atoms with van der Waals surface area (Å²) in [5.41, 5.74) is 0. The van der Waals surface area contributed by atoms with E-state index in [2.05, 4.69) is 10.2 Å². The van der Waals surface area contributed by atoms with Crippen molar-refractivity contribution in [1.82, 2.24) is 15.1 Å². The van der Waals surface area contributed by atoms with Crippen LogP contribution in [0, 0.1) is 0 Å². The van der Waals surface area contributed by atoms with Crippen molar-refractivity contribution in [3.63, 3.8) is 0 Å². The Morgan fingerprint density at radius 1 is 1.22 bits per heavy atom. The highest BCUT2D eigenvalue weighted by molar-refractivity contribution is 5.81. The monoisotopic (exact) mass is 325 g/mol. The van der Waals surface area contributed by atoms with Crippen molar-refractivity contribution in [2.24, 2.45) is 0 Å². The predicted molar refractivity (Wildman–Crippen MR) is 89.1 cm³/mol. The van der Waals surface area contributed by atoms with Gasteiger partial charge in [-0.1, -0.05) is 0 Å². The molecule has 132 valence electrons. The summed E-state index contributed by atoms with van der Waals surface area (Å²) >= 11 is 0. The third-order valence-electron chi connectivity index (χ3n) is 5.19. The van der Waals surface area contributed by atoms with Crippen molar-refractivity contribution < 1.29 is 14.3 Å². The first-order valence-corrected chi connectivity index (χ1v) is 8.86. The first kappa shape index (κ1) is 18.2. The highest BCUT2D eigenvalue weighted by Crippen LogP contribution is 2.31. The SMILES string of the molecule is COCCCNC(=O)[C@H](C)N1CCC[C@H]1[C@H]1CCCN1C(C)=O. The van der Waals surface area contributed by atoms with Gasteiger partial charge in [0, 0.05) is 45.8 Å². The number of carbonyl (C=O) groups excluding carboxylic acids is 2. The maximum atomic E-state index is 12.4. The number of carbonyl (C=O) groups is 2. The van der Waals surface area contributed by atoms with E-state index < -0.39 is 0 Å². The van der Waals surface area contributed by atoms with Crippen LogP contribution in [-0.2, 0) is 14.3 Å². The number of nitrogens with one attached hydrogen (secondary N) is 1. The normalized spacial score (nSPS) is 26.5. The van der Waals surface area contributed by atoms with E-state index in [1.54, 1.807) is 14.0 Å². The van der Waals surface area contributed by atoms with Crippen LogP contribution in [0.1, 0.15) is 46.0 Å². The lowest BCUT2D eigenvalue weighted by atomic mass is 10.0. The zero-order valence-electron chi connectivity index (χ0n) is 14.7. The second kappa shape index (κ2) is 8.64. The number of methoxy groups -OCH3 is 1. The fraction of sp³-hybridized carbons (Fsp3) is 0.882. The zero-order valence-corrected chi connectivity index (χ0v) is 14.7. The lowest BCUT2D eigenvalue weighted by Crippen LogP contribution is -2.54. The average molecular weight is 325 g/mol.